The van der Waals surface area contributed by atoms with Crippen molar-refractivity contribution in [2.75, 3.05) is 26.9 Å². The third-order valence-electron chi connectivity index (χ3n) is 7.50. The highest BCUT2D eigenvalue weighted by molar-refractivity contribution is 5.78. The first-order chi connectivity index (χ1) is 16.6. The maximum atomic E-state index is 12.8. The molecule has 3 aliphatic rings. The lowest BCUT2D eigenvalue weighted by atomic mass is 9.68. The van der Waals surface area contributed by atoms with E-state index >= 15 is 0 Å². The van der Waals surface area contributed by atoms with Crippen molar-refractivity contribution in [3.8, 4) is 0 Å². The molecule has 35 heavy (non-hydrogen) atoms. The lowest BCUT2D eigenvalue weighted by molar-refractivity contribution is -0.172. The summed E-state index contributed by atoms with van der Waals surface area (Å²) in [5.74, 6) is -0.457. The van der Waals surface area contributed by atoms with Gasteiger partial charge in [0.1, 0.15) is 18.8 Å². The predicted octanol–water partition coefficient (Wildman–Crippen LogP) is 2.94. The Labute approximate surface area is 207 Å². The van der Waals surface area contributed by atoms with Gasteiger partial charge in [-0.1, -0.05) is 11.6 Å². The minimum atomic E-state index is -0.540. The largest absolute Gasteiger partial charge is 0.443 e. The number of methoxy groups -OCH3 is 1. The SMILES string of the molecule is COC1C(OC(=O)N[C@H]2CC[C@H](NC(=O)CNF)CC2)CCC2(CO2)C1C(C)(C)OCC=C(C)C. The average molecular weight is 500 g/mol. The molecule has 0 radical (unpaired) electrons. The molecule has 9 nitrogen and oxygen atoms in total. The van der Waals surface area contributed by atoms with E-state index in [1.54, 1.807) is 7.11 Å². The van der Waals surface area contributed by atoms with Gasteiger partial charge in [0.05, 0.1) is 24.4 Å². The Morgan fingerprint density at radius 1 is 1.11 bits per heavy atom. The van der Waals surface area contributed by atoms with Crippen LogP contribution in [-0.2, 0) is 23.7 Å². The van der Waals surface area contributed by atoms with Crippen molar-refractivity contribution in [3.63, 3.8) is 0 Å². The Morgan fingerprint density at radius 2 is 1.74 bits per heavy atom. The van der Waals surface area contributed by atoms with Crippen LogP contribution in [-0.4, -0.2) is 74.4 Å². The van der Waals surface area contributed by atoms with Gasteiger partial charge >= 0.3 is 6.09 Å². The van der Waals surface area contributed by atoms with E-state index < -0.39 is 17.8 Å². The monoisotopic (exact) mass is 499 g/mol. The molecule has 3 fully saturated rings. The van der Waals surface area contributed by atoms with E-state index in [-0.39, 0.29) is 42.2 Å². The van der Waals surface area contributed by atoms with Gasteiger partial charge in [0, 0.05) is 25.1 Å². The molecule has 1 heterocycles. The molecule has 3 N–H and O–H groups in total. The summed E-state index contributed by atoms with van der Waals surface area (Å²) in [6.07, 6.45) is 5.13. The summed E-state index contributed by atoms with van der Waals surface area (Å²) in [6, 6.07) is -0.0394. The second-order valence-corrected chi connectivity index (χ2v) is 10.8. The van der Waals surface area contributed by atoms with E-state index in [1.165, 1.54) is 11.1 Å². The number of hydrogen-bond donors (Lipinski definition) is 3. The van der Waals surface area contributed by atoms with Gasteiger partial charge in [0.2, 0.25) is 5.91 Å². The third-order valence-corrected chi connectivity index (χ3v) is 7.50. The van der Waals surface area contributed by atoms with E-state index in [4.69, 9.17) is 18.9 Å². The number of carbonyl (C=O) groups is 2. The van der Waals surface area contributed by atoms with E-state index in [2.05, 4.69) is 24.5 Å². The molecule has 2 amide bonds. The van der Waals surface area contributed by atoms with Gasteiger partial charge in [-0.15, -0.1) is 10.0 Å². The summed E-state index contributed by atoms with van der Waals surface area (Å²) in [7, 11) is 1.65. The molecule has 0 aromatic rings. The molecule has 2 saturated carbocycles. The van der Waals surface area contributed by atoms with Gasteiger partial charge in [-0.05, 0) is 66.2 Å². The second-order valence-electron chi connectivity index (χ2n) is 10.8. The van der Waals surface area contributed by atoms with Gasteiger partial charge in [-0.2, -0.15) is 0 Å². The Balaban J connectivity index is 1.54. The Kier molecular flexibility index (Phi) is 9.53. The zero-order valence-electron chi connectivity index (χ0n) is 21.7. The number of carbonyl (C=O) groups excluding carboxylic acids is 2. The number of nitrogens with one attached hydrogen (secondary N) is 3. The van der Waals surface area contributed by atoms with Crippen molar-refractivity contribution >= 4 is 12.0 Å². The molecule has 1 spiro atoms. The van der Waals surface area contributed by atoms with Crippen molar-refractivity contribution < 1.29 is 33.0 Å². The fourth-order valence-electron chi connectivity index (χ4n) is 5.65. The molecule has 2 aliphatic carbocycles. The van der Waals surface area contributed by atoms with E-state index in [0.29, 0.717) is 45.3 Å². The molecule has 200 valence electrons. The highest BCUT2D eigenvalue weighted by atomic mass is 19.2. The topological polar surface area (TPSA) is 110 Å². The lowest BCUT2D eigenvalue weighted by Gasteiger charge is -2.47. The zero-order chi connectivity index (χ0) is 25.6. The van der Waals surface area contributed by atoms with Gasteiger partial charge in [-0.3, -0.25) is 4.79 Å². The van der Waals surface area contributed by atoms with Crippen molar-refractivity contribution in [3.05, 3.63) is 11.6 Å². The molecule has 3 rings (SSSR count). The van der Waals surface area contributed by atoms with E-state index in [9.17, 15) is 14.1 Å². The summed E-state index contributed by atoms with van der Waals surface area (Å²) in [5, 5.41) is 5.77. The van der Waals surface area contributed by atoms with Gasteiger partial charge in [-0.25, -0.2) is 4.79 Å². The molecular weight excluding hydrogens is 457 g/mol. The normalized spacial score (nSPS) is 32.6. The van der Waals surface area contributed by atoms with Gasteiger partial charge in [0.25, 0.3) is 0 Å². The van der Waals surface area contributed by atoms with Crippen LogP contribution in [0.4, 0.5) is 9.28 Å². The summed E-state index contributed by atoms with van der Waals surface area (Å²) in [5.41, 5.74) is 1.71. The smallest absolute Gasteiger partial charge is 0.407 e. The van der Waals surface area contributed by atoms with Crippen LogP contribution < -0.4 is 16.2 Å². The molecule has 10 heteroatoms. The minimum Gasteiger partial charge on any atom is -0.443 e. The highest BCUT2D eigenvalue weighted by Crippen LogP contribution is 2.52. The Hall–Kier alpha value is -1.75. The molecule has 0 bridgehead atoms. The Morgan fingerprint density at radius 3 is 2.29 bits per heavy atom. The first-order valence-electron chi connectivity index (χ1n) is 12.6. The molecule has 0 aromatic heterocycles. The quantitative estimate of drug-likeness (QED) is 0.241. The van der Waals surface area contributed by atoms with Crippen molar-refractivity contribution in [1.82, 2.24) is 16.2 Å². The predicted molar refractivity (Wildman–Crippen MR) is 128 cm³/mol. The van der Waals surface area contributed by atoms with Crippen LogP contribution in [0.15, 0.2) is 11.6 Å². The fourth-order valence-corrected chi connectivity index (χ4v) is 5.65. The summed E-state index contributed by atoms with van der Waals surface area (Å²) >= 11 is 0. The first-order valence-corrected chi connectivity index (χ1v) is 12.6. The molecular formula is C25H42FN3O6. The highest BCUT2D eigenvalue weighted by Gasteiger charge is 2.64. The second kappa shape index (κ2) is 12.0. The Bertz CT molecular complexity index is 760. The van der Waals surface area contributed by atoms with Crippen molar-refractivity contribution in [2.24, 2.45) is 5.92 Å². The maximum absolute atomic E-state index is 12.8. The zero-order valence-corrected chi connectivity index (χ0v) is 21.7. The minimum absolute atomic E-state index is 0.00908. The average Bonchev–Trinajstić information content (AvgIpc) is 3.55. The number of alkyl carbamates (subject to hydrolysis) is 1. The van der Waals surface area contributed by atoms with Crippen LogP contribution in [0.25, 0.3) is 0 Å². The fraction of sp³-hybridized carbons (Fsp3) is 0.840. The van der Waals surface area contributed by atoms with Crippen LogP contribution in [0.3, 0.4) is 0 Å². The van der Waals surface area contributed by atoms with Crippen LogP contribution in [0.1, 0.15) is 66.2 Å². The summed E-state index contributed by atoms with van der Waals surface area (Å²) < 4.78 is 36.1. The lowest BCUT2D eigenvalue weighted by Crippen LogP contribution is -2.59. The standard InChI is InChI=1S/C25H42FN3O6/c1-16(2)11-13-33-24(3,4)22-21(32-5)19(10-12-25(22)15-34-25)35-23(31)29-18-8-6-17(7-9-18)28-20(30)14-27-26/h11,17-19,21-22,27H,6-10,12-15H2,1-5H3,(H,28,30)(H,29,31)/t17-,18-,19?,21?,22?,25?. The molecule has 0 aromatic carbocycles. The van der Waals surface area contributed by atoms with Gasteiger partial charge < -0.3 is 29.6 Å². The summed E-state index contributed by atoms with van der Waals surface area (Å²) in [4.78, 5) is 24.3. The number of allylic oxidation sites excluding steroid dienone is 1. The number of hydrogen-bond acceptors (Lipinski definition) is 7. The molecule has 1 aliphatic heterocycles. The number of halogens is 1. The number of epoxide rings is 1. The van der Waals surface area contributed by atoms with Crippen LogP contribution in [0.2, 0.25) is 0 Å². The van der Waals surface area contributed by atoms with Crippen LogP contribution in [0.5, 0.6) is 0 Å². The van der Waals surface area contributed by atoms with Crippen LogP contribution >= 0.6 is 0 Å². The maximum Gasteiger partial charge on any atom is 0.407 e. The van der Waals surface area contributed by atoms with Crippen molar-refractivity contribution in [1.29, 1.82) is 0 Å². The number of amides is 2. The van der Waals surface area contributed by atoms with Crippen LogP contribution in [0, 0.1) is 5.92 Å². The molecule has 4 atom stereocenters. The molecule has 1 saturated heterocycles. The molecule has 4 unspecified atom stereocenters. The number of ether oxygens (including phenoxy) is 4. The third kappa shape index (κ3) is 7.38. The van der Waals surface area contributed by atoms with E-state index in [1.807, 2.05) is 19.9 Å². The van der Waals surface area contributed by atoms with Gasteiger partial charge in [0.15, 0.2) is 0 Å². The first kappa shape index (κ1) is 27.8. The van der Waals surface area contributed by atoms with E-state index in [0.717, 1.165) is 6.42 Å². The summed E-state index contributed by atoms with van der Waals surface area (Å²) in [6.45, 7) is 8.98. The number of rotatable bonds is 10. The van der Waals surface area contributed by atoms with Crippen molar-refractivity contribution in [2.45, 2.75) is 102 Å².